The first-order valence-electron chi connectivity index (χ1n) is 9.80. The van der Waals surface area contributed by atoms with Crippen molar-refractivity contribution in [3.05, 3.63) is 23.8 Å². The van der Waals surface area contributed by atoms with Crippen molar-refractivity contribution in [2.45, 2.75) is 24.9 Å². The van der Waals surface area contributed by atoms with Crippen LogP contribution in [0.3, 0.4) is 0 Å². The lowest BCUT2D eigenvalue weighted by molar-refractivity contribution is -0.138. The smallest absolute Gasteiger partial charge is 0.244 e. The van der Waals surface area contributed by atoms with E-state index in [0.29, 0.717) is 6.04 Å². The number of thioether (sulfide) groups is 1. The summed E-state index contributed by atoms with van der Waals surface area (Å²) in [5.41, 5.74) is 0.959. The summed E-state index contributed by atoms with van der Waals surface area (Å²) in [5.74, 6) is 4.21. The highest BCUT2D eigenvalue weighted by molar-refractivity contribution is 7.99. The summed E-state index contributed by atoms with van der Waals surface area (Å²) >= 11 is 2.07. The zero-order valence-corrected chi connectivity index (χ0v) is 17.0. The summed E-state index contributed by atoms with van der Waals surface area (Å²) in [4.78, 5) is 19.9. The van der Waals surface area contributed by atoms with E-state index < -0.39 is 0 Å². The number of nitrogens with zero attached hydrogens (tertiary/aromatic N) is 3. The maximum Gasteiger partial charge on any atom is 0.244 e. The first-order chi connectivity index (χ1) is 13.1. The molecule has 0 aromatic heterocycles. The van der Waals surface area contributed by atoms with E-state index in [1.807, 2.05) is 42.1 Å². The summed E-state index contributed by atoms with van der Waals surface area (Å²) in [6.07, 6.45) is 2.58. The molecule has 148 valence electrons. The second-order valence-electron chi connectivity index (χ2n) is 7.68. The van der Waals surface area contributed by atoms with Crippen LogP contribution < -0.4 is 9.47 Å². The standard InChI is InChI=1S/C20H29N3O3S/c1-21(2)19(15-3-4-17-18(13-15)26-14-25-17)20(24)23-9-7-22(8-10-23)16-5-11-27-12-6-16/h3-4,13,16,19H,5-12,14H2,1-2H3. The predicted molar refractivity (Wildman–Crippen MR) is 107 cm³/mol. The maximum absolute atomic E-state index is 13.3. The lowest BCUT2D eigenvalue weighted by Crippen LogP contribution is -2.54. The number of fused-ring (bicyclic) bond motifs is 1. The predicted octanol–water partition coefficient (Wildman–Crippen LogP) is 2.06. The van der Waals surface area contributed by atoms with Crippen molar-refractivity contribution < 1.29 is 14.3 Å². The zero-order chi connectivity index (χ0) is 18.8. The molecular weight excluding hydrogens is 362 g/mol. The summed E-state index contributed by atoms with van der Waals surface area (Å²) < 4.78 is 10.9. The number of carbonyl (C=O) groups is 1. The highest BCUT2D eigenvalue weighted by atomic mass is 32.2. The van der Waals surface area contributed by atoms with Crippen molar-refractivity contribution in [3.8, 4) is 11.5 Å². The van der Waals surface area contributed by atoms with Crippen LogP contribution >= 0.6 is 11.8 Å². The zero-order valence-electron chi connectivity index (χ0n) is 16.2. The van der Waals surface area contributed by atoms with Crippen LogP contribution in [0.25, 0.3) is 0 Å². The molecule has 0 radical (unpaired) electrons. The number of hydrogen-bond acceptors (Lipinski definition) is 6. The molecule has 1 aromatic carbocycles. The van der Waals surface area contributed by atoms with Gasteiger partial charge in [0, 0.05) is 32.2 Å². The topological polar surface area (TPSA) is 45.3 Å². The highest BCUT2D eigenvalue weighted by Crippen LogP contribution is 2.35. The molecule has 0 aliphatic carbocycles. The van der Waals surface area contributed by atoms with E-state index >= 15 is 0 Å². The van der Waals surface area contributed by atoms with E-state index in [1.54, 1.807) is 0 Å². The monoisotopic (exact) mass is 391 g/mol. The Morgan fingerprint density at radius 1 is 1.11 bits per heavy atom. The quantitative estimate of drug-likeness (QED) is 0.783. The van der Waals surface area contributed by atoms with Crippen molar-refractivity contribution in [1.29, 1.82) is 0 Å². The molecule has 0 spiro atoms. The molecule has 2 saturated heterocycles. The van der Waals surface area contributed by atoms with Crippen LogP contribution in [0.4, 0.5) is 0 Å². The Hall–Kier alpha value is -1.44. The number of ether oxygens (including phenoxy) is 2. The molecule has 1 atom stereocenters. The molecule has 1 amide bonds. The summed E-state index contributed by atoms with van der Waals surface area (Å²) in [5, 5.41) is 0. The van der Waals surface area contributed by atoms with Gasteiger partial charge in [-0.3, -0.25) is 14.6 Å². The first kappa shape index (κ1) is 18.9. The van der Waals surface area contributed by atoms with E-state index in [4.69, 9.17) is 9.47 Å². The summed E-state index contributed by atoms with van der Waals surface area (Å²) in [7, 11) is 3.92. The van der Waals surface area contributed by atoms with Gasteiger partial charge in [-0.25, -0.2) is 0 Å². The van der Waals surface area contributed by atoms with Crippen molar-refractivity contribution in [3.63, 3.8) is 0 Å². The van der Waals surface area contributed by atoms with Crippen LogP contribution in [0, 0.1) is 0 Å². The Bertz CT molecular complexity index is 670. The first-order valence-corrected chi connectivity index (χ1v) is 11.0. The Labute approximate surface area is 165 Å². The van der Waals surface area contributed by atoms with Gasteiger partial charge >= 0.3 is 0 Å². The van der Waals surface area contributed by atoms with Crippen LogP contribution in [0.1, 0.15) is 24.4 Å². The van der Waals surface area contributed by atoms with Crippen LogP contribution in [0.15, 0.2) is 18.2 Å². The van der Waals surface area contributed by atoms with E-state index in [1.165, 1.54) is 24.3 Å². The largest absolute Gasteiger partial charge is 0.454 e. The van der Waals surface area contributed by atoms with Gasteiger partial charge in [-0.2, -0.15) is 11.8 Å². The van der Waals surface area contributed by atoms with E-state index in [2.05, 4.69) is 16.7 Å². The third-order valence-electron chi connectivity index (χ3n) is 5.80. The number of hydrogen-bond donors (Lipinski definition) is 0. The van der Waals surface area contributed by atoms with Gasteiger partial charge in [-0.15, -0.1) is 0 Å². The molecule has 7 heteroatoms. The molecule has 4 rings (SSSR count). The number of benzene rings is 1. The van der Waals surface area contributed by atoms with Crippen LogP contribution in [0.5, 0.6) is 11.5 Å². The molecule has 6 nitrogen and oxygen atoms in total. The third-order valence-corrected chi connectivity index (χ3v) is 6.84. The number of rotatable bonds is 4. The molecule has 0 saturated carbocycles. The maximum atomic E-state index is 13.3. The molecule has 3 aliphatic heterocycles. The van der Waals surface area contributed by atoms with Crippen molar-refractivity contribution in [2.24, 2.45) is 0 Å². The van der Waals surface area contributed by atoms with Gasteiger partial charge in [0.25, 0.3) is 0 Å². The number of amides is 1. The van der Waals surface area contributed by atoms with Gasteiger partial charge < -0.3 is 14.4 Å². The third kappa shape index (κ3) is 4.05. The van der Waals surface area contributed by atoms with Crippen molar-refractivity contribution in [2.75, 3.05) is 58.6 Å². The lowest BCUT2D eigenvalue weighted by atomic mass is 10.0. The minimum absolute atomic E-state index is 0.178. The fraction of sp³-hybridized carbons (Fsp3) is 0.650. The molecule has 0 N–H and O–H groups in total. The number of piperazine rings is 1. The van der Waals surface area contributed by atoms with Gasteiger partial charge in [0.1, 0.15) is 6.04 Å². The molecule has 2 fully saturated rings. The summed E-state index contributed by atoms with van der Waals surface area (Å²) in [6.45, 7) is 3.86. The van der Waals surface area contributed by atoms with Crippen molar-refractivity contribution in [1.82, 2.24) is 14.7 Å². The number of carbonyl (C=O) groups excluding carboxylic acids is 1. The van der Waals surface area contributed by atoms with E-state index in [-0.39, 0.29) is 18.7 Å². The number of likely N-dealkylation sites (N-methyl/N-ethyl adjacent to an activating group) is 1. The second-order valence-corrected chi connectivity index (χ2v) is 8.91. The molecule has 27 heavy (non-hydrogen) atoms. The SMILES string of the molecule is CN(C)C(C(=O)N1CCN(C2CCSCC2)CC1)c1ccc2c(c1)OCO2. The van der Waals surface area contributed by atoms with Crippen molar-refractivity contribution >= 4 is 17.7 Å². The van der Waals surface area contributed by atoms with Gasteiger partial charge in [0.2, 0.25) is 12.7 Å². The van der Waals surface area contributed by atoms with E-state index in [9.17, 15) is 4.79 Å². The average molecular weight is 392 g/mol. The van der Waals surface area contributed by atoms with Gasteiger partial charge in [-0.05, 0) is 56.1 Å². The molecule has 3 aliphatic rings. The van der Waals surface area contributed by atoms with Gasteiger partial charge in [-0.1, -0.05) is 6.07 Å². The Kier molecular flexibility index (Phi) is 5.80. The molecule has 0 bridgehead atoms. The lowest BCUT2D eigenvalue weighted by Gasteiger charge is -2.42. The minimum Gasteiger partial charge on any atom is -0.454 e. The Morgan fingerprint density at radius 2 is 1.81 bits per heavy atom. The fourth-order valence-electron chi connectivity index (χ4n) is 4.28. The average Bonchev–Trinajstić information content (AvgIpc) is 3.16. The van der Waals surface area contributed by atoms with Crippen LogP contribution in [-0.2, 0) is 4.79 Å². The van der Waals surface area contributed by atoms with Gasteiger partial charge in [0.15, 0.2) is 11.5 Å². The second kappa shape index (κ2) is 8.29. The Balaban J connectivity index is 1.42. The minimum atomic E-state index is -0.294. The normalized spacial score (nSPS) is 22.3. The molecular formula is C20H29N3O3S. The highest BCUT2D eigenvalue weighted by Gasteiger charge is 2.33. The van der Waals surface area contributed by atoms with Gasteiger partial charge in [0.05, 0.1) is 0 Å². The van der Waals surface area contributed by atoms with Crippen LogP contribution in [-0.4, -0.2) is 85.2 Å². The Morgan fingerprint density at radius 3 is 2.52 bits per heavy atom. The van der Waals surface area contributed by atoms with Crippen LogP contribution in [0.2, 0.25) is 0 Å². The fourth-order valence-corrected chi connectivity index (χ4v) is 5.36. The molecule has 1 aromatic rings. The summed E-state index contributed by atoms with van der Waals surface area (Å²) in [6, 6.07) is 6.24. The molecule has 3 heterocycles. The molecule has 1 unspecified atom stereocenters. The van der Waals surface area contributed by atoms with E-state index in [0.717, 1.165) is 43.2 Å².